The summed E-state index contributed by atoms with van der Waals surface area (Å²) in [7, 11) is 0. The summed E-state index contributed by atoms with van der Waals surface area (Å²) < 4.78 is 27.7. The lowest BCUT2D eigenvalue weighted by Crippen LogP contribution is -2.49. The van der Waals surface area contributed by atoms with E-state index in [4.69, 9.17) is 0 Å². The maximum Gasteiger partial charge on any atom is 0.238 e. The van der Waals surface area contributed by atoms with Crippen LogP contribution in [0.4, 0.5) is 14.5 Å². The molecule has 1 amide bonds. The fourth-order valence-corrected chi connectivity index (χ4v) is 6.75. The predicted molar refractivity (Wildman–Crippen MR) is 146 cm³/mol. The minimum Gasteiger partial charge on any atom is -0.358 e. The largest absolute Gasteiger partial charge is 0.358 e. The number of hydrogen-bond acceptors (Lipinski definition) is 4. The zero-order chi connectivity index (χ0) is 27.6. The fourth-order valence-electron chi connectivity index (χ4n) is 6.75. The Bertz CT molecular complexity index is 1730. The van der Waals surface area contributed by atoms with Gasteiger partial charge in [-0.1, -0.05) is 42.5 Å². The van der Waals surface area contributed by atoms with Crippen molar-refractivity contribution in [2.24, 2.45) is 5.92 Å². The lowest BCUT2D eigenvalue weighted by molar-refractivity contribution is -0.122. The van der Waals surface area contributed by atoms with Crippen LogP contribution in [0, 0.1) is 17.6 Å². The van der Waals surface area contributed by atoms with Gasteiger partial charge < -0.3 is 10.2 Å². The number of nitrogens with one attached hydrogen (secondary N) is 1. The van der Waals surface area contributed by atoms with Gasteiger partial charge in [0.15, 0.2) is 11.6 Å². The summed E-state index contributed by atoms with van der Waals surface area (Å²) in [4.78, 5) is 45.0. The van der Waals surface area contributed by atoms with Gasteiger partial charge in [-0.15, -0.1) is 0 Å². The molecular weight excluding hydrogens is 510 g/mol. The van der Waals surface area contributed by atoms with Gasteiger partial charge in [0.25, 0.3) is 0 Å². The number of halogens is 2. The number of para-hydroxylation sites is 1. The number of rotatable bonds is 4. The molecule has 196 valence electrons. The quantitative estimate of drug-likeness (QED) is 0.330. The molecule has 0 unspecified atom stereocenters. The van der Waals surface area contributed by atoms with E-state index in [1.807, 2.05) is 47.4 Å². The van der Waals surface area contributed by atoms with Crippen LogP contribution in [0.5, 0.6) is 0 Å². The molecule has 1 saturated heterocycles. The van der Waals surface area contributed by atoms with E-state index in [0.717, 1.165) is 11.1 Å². The maximum absolute atomic E-state index is 14.6. The van der Waals surface area contributed by atoms with E-state index in [9.17, 15) is 23.2 Å². The second kappa shape index (κ2) is 8.81. The van der Waals surface area contributed by atoms with Gasteiger partial charge in [-0.2, -0.15) is 0 Å². The number of anilines is 1. The Balaban J connectivity index is 1.53. The highest BCUT2D eigenvalue weighted by atomic mass is 19.1. The molecular formula is C33H22F2N2O3. The normalized spacial score (nSPS) is 23.9. The smallest absolute Gasteiger partial charge is 0.238 e. The van der Waals surface area contributed by atoms with Gasteiger partial charge in [-0.25, -0.2) is 8.78 Å². The van der Waals surface area contributed by atoms with E-state index in [-0.39, 0.29) is 17.0 Å². The van der Waals surface area contributed by atoms with Gasteiger partial charge in [-0.05, 0) is 77.4 Å². The summed E-state index contributed by atoms with van der Waals surface area (Å²) in [5.41, 5.74) is 1.81. The number of carbonyl (C=O) groups excluding carboxylic acids is 3. The molecule has 3 aliphatic heterocycles. The highest BCUT2D eigenvalue weighted by Crippen LogP contribution is 2.62. The van der Waals surface area contributed by atoms with Gasteiger partial charge in [0.1, 0.15) is 23.1 Å². The van der Waals surface area contributed by atoms with Crippen molar-refractivity contribution >= 4 is 29.2 Å². The molecule has 1 fully saturated rings. The number of ketones is 2. The first-order valence-corrected chi connectivity index (χ1v) is 13.0. The molecule has 7 heteroatoms. The van der Waals surface area contributed by atoms with Crippen LogP contribution in [0.2, 0.25) is 0 Å². The molecule has 7 rings (SSSR count). The number of hydrogen-bond donors (Lipinski definition) is 1. The van der Waals surface area contributed by atoms with E-state index < -0.39 is 46.6 Å². The number of carbonyl (C=O) groups is 3. The minimum atomic E-state index is -1.48. The van der Waals surface area contributed by atoms with Crippen LogP contribution in [0.1, 0.15) is 43.4 Å². The van der Waals surface area contributed by atoms with Crippen LogP contribution in [0.25, 0.3) is 6.08 Å². The molecule has 1 spiro atoms. The van der Waals surface area contributed by atoms with Crippen molar-refractivity contribution in [2.75, 3.05) is 5.32 Å². The van der Waals surface area contributed by atoms with Crippen LogP contribution >= 0.6 is 0 Å². The topological polar surface area (TPSA) is 66.5 Å². The zero-order valence-electron chi connectivity index (χ0n) is 21.1. The van der Waals surface area contributed by atoms with Gasteiger partial charge in [-0.3, -0.25) is 14.4 Å². The van der Waals surface area contributed by atoms with Crippen molar-refractivity contribution < 1.29 is 23.2 Å². The van der Waals surface area contributed by atoms with Crippen LogP contribution < -0.4 is 5.32 Å². The first-order valence-electron chi connectivity index (χ1n) is 13.0. The summed E-state index contributed by atoms with van der Waals surface area (Å²) in [5, 5.41) is 2.98. The second-order valence-corrected chi connectivity index (χ2v) is 10.3. The molecule has 40 heavy (non-hydrogen) atoms. The average molecular weight is 533 g/mol. The molecule has 4 aromatic rings. The monoisotopic (exact) mass is 532 g/mol. The lowest BCUT2D eigenvalue weighted by Gasteiger charge is -2.38. The lowest BCUT2D eigenvalue weighted by atomic mass is 9.62. The summed E-state index contributed by atoms with van der Waals surface area (Å²) >= 11 is 0. The molecule has 3 heterocycles. The first-order chi connectivity index (χ1) is 19.4. The molecule has 0 aromatic heterocycles. The van der Waals surface area contributed by atoms with Crippen molar-refractivity contribution in [1.82, 2.24) is 4.90 Å². The number of benzene rings is 4. The van der Waals surface area contributed by atoms with Crippen molar-refractivity contribution in [3.8, 4) is 0 Å². The maximum atomic E-state index is 14.6. The van der Waals surface area contributed by atoms with Crippen LogP contribution in [0.3, 0.4) is 0 Å². The summed E-state index contributed by atoms with van der Waals surface area (Å²) in [6.07, 6.45) is 3.64. The summed E-state index contributed by atoms with van der Waals surface area (Å²) in [6.45, 7) is 0. The Kier molecular flexibility index (Phi) is 5.32. The number of nitrogens with zero attached hydrogens (tertiary/aromatic N) is 1. The molecule has 3 aliphatic rings. The van der Waals surface area contributed by atoms with E-state index in [1.54, 1.807) is 18.3 Å². The summed E-state index contributed by atoms with van der Waals surface area (Å²) in [5.74, 6) is -3.43. The average Bonchev–Trinajstić information content (AvgIpc) is 3.45. The van der Waals surface area contributed by atoms with Gasteiger partial charge >= 0.3 is 0 Å². The zero-order valence-corrected chi connectivity index (χ0v) is 21.1. The Labute approximate surface area is 228 Å². The first kappa shape index (κ1) is 24.2. The molecule has 0 radical (unpaired) electrons. The third kappa shape index (κ3) is 3.27. The molecule has 4 aromatic carbocycles. The molecule has 0 aliphatic carbocycles. The van der Waals surface area contributed by atoms with Crippen LogP contribution in [-0.4, -0.2) is 28.4 Å². The molecule has 0 bridgehead atoms. The van der Waals surface area contributed by atoms with E-state index in [0.29, 0.717) is 11.3 Å². The van der Waals surface area contributed by atoms with Crippen molar-refractivity contribution in [1.29, 1.82) is 0 Å². The van der Waals surface area contributed by atoms with E-state index >= 15 is 0 Å². The fraction of sp³-hybridized carbons (Fsp3) is 0.121. The number of fused-ring (bicyclic) bond motifs is 6. The Morgan fingerprint density at radius 1 is 0.750 bits per heavy atom. The third-order valence-corrected chi connectivity index (χ3v) is 8.38. The van der Waals surface area contributed by atoms with Crippen LogP contribution in [-0.2, 0) is 10.2 Å². The van der Waals surface area contributed by atoms with Crippen molar-refractivity contribution in [3.05, 3.63) is 143 Å². The number of amides is 1. The standard InChI is InChI=1S/C33H22F2N2O3/c34-22-13-9-20(10-14-22)29(38)27-28(30(39)21-11-15-23(35)16-12-21)37-18-17-19-5-1-2-6-24(19)31(37)33(27)25-7-3-4-8-26(25)36-32(33)40/h1-18,27-28,31H,(H,36,40)/t27-,28-,31+,33+/m1/s1. The highest BCUT2D eigenvalue weighted by molar-refractivity contribution is 6.16. The van der Waals surface area contributed by atoms with E-state index in [2.05, 4.69) is 5.32 Å². The molecule has 4 atom stereocenters. The predicted octanol–water partition coefficient (Wildman–Crippen LogP) is 5.95. The molecule has 5 nitrogen and oxygen atoms in total. The number of Topliss-reactive ketones (excluding diaryl/α,β-unsaturated/α-hetero) is 2. The van der Waals surface area contributed by atoms with E-state index in [1.165, 1.54) is 48.5 Å². The highest BCUT2D eigenvalue weighted by Gasteiger charge is 2.70. The summed E-state index contributed by atoms with van der Waals surface area (Å²) in [6, 6.07) is 23.4. The van der Waals surface area contributed by atoms with Gasteiger partial charge in [0.2, 0.25) is 5.91 Å². The third-order valence-electron chi connectivity index (χ3n) is 8.38. The molecule has 1 N–H and O–H groups in total. The van der Waals surface area contributed by atoms with Gasteiger partial charge in [0.05, 0.1) is 12.0 Å². The molecule has 0 saturated carbocycles. The van der Waals surface area contributed by atoms with Crippen molar-refractivity contribution in [2.45, 2.75) is 17.5 Å². The second-order valence-electron chi connectivity index (χ2n) is 10.3. The Morgan fingerprint density at radius 2 is 1.35 bits per heavy atom. The Hall–Kier alpha value is -4.91. The van der Waals surface area contributed by atoms with Crippen molar-refractivity contribution in [3.63, 3.8) is 0 Å². The SMILES string of the molecule is O=C(c1ccc(F)cc1)[C@H]1[C@H](C(=O)c2ccc(F)cc2)[C@]2(C(=O)Nc3ccccc32)[C@@H]2c3ccccc3C=CN21. The Morgan fingerprint density at radius 3 is 2.05 bits per heavy atom. The minimum absolute atomic E-state index is 0.192. The van der Waals surface area contributed by atoms with Crippen LogP contribution in [0.15, 0.2) is 103 Å². The van der Waals surface area contributed by atoms with Gasteiger partial charge in [0, 0.05) is 23.0 Å².